The van der Waals surface area contributed by atoms with E-state index < -0.39 is 0 Å². The van der Waals surface area contributed by atoms with E-state index in [1.165, 1.54) is 0 Å². The van der Waals surface area contributed by atoms with Crippen LogP contribution in [0.4, 0.5) is 4.39 Å². The summed E-state index contributed by atoms with van der Waals surface area (Å²) in [5.41, 5.74) is -0.102. The molecule has 10 heavy (non-hydrogen) atoms. The summed E-state index contributed by atoms with van der Waals surface area (Å²) >= 11 is 0. The molecular formula is C7H15FN2. The molecule has 3 heteroatoms. The van der Waals surface area contributed by atoms with Gasteiger partial charge in [-0.25, -0.2) is 0 Å². The quantitative estimate of drug-likeness (QED) is 0.592. The lowest BCUT2D eigenvalue weighted by Crippen LogP contribution is -2.36. The van der Waals surface area contributed by atoms with E-state index in [9.17, 15) is 4.39 Å². The van der Waals surface area contributed by atoms with E-state index in [1.54, 1.807) is 0 Å². The van der Waals surface area contributed by atoms with E-state index in [2.05, 4.69) is 10.6 Å². The molecule has 0 aliphatic carbocycles. The van der Waals surface area contributed by atoms with Crippen LogP contribution in [0.15, 0.2) is 0 Å². The second kappa shape index (κ2) is 3.30. The van der Waals surface area contributed by atoms with Crippen LogP contribution in [0.25, 0.3) is 0 Å². The van der Waals surface area contributed by atoms with E-state index in [0.717, 1.165) is 26.1 Å². The lowest BCUT2D eigenvalue weighted by atomic mass is 9.89. The largest absolute Gasteiger partial charge is 0.319 e. The van der Waals surface area contributed by atoms with E-state index in [1.807, 2.05) is 7.05 Å². The SMILES string of the molecule is CNC[C@]1(CF)CCNC1. The average molecular weight is 146 g/mol. The van der Waals surface area contributed by atoms with Crippen LogP contribution in [-0.4, -0.2) is 33.4 Å². The summed E-state index contributed by atoms with van der Waals surface area (Å²) in [7, 11) is 1.87. The van der Waals surface area contributed by atoms with Gasteiger partial charge in [-0.2, -0.15) is 0 Å². The Kier molecular flexibility index (Phi) is 2.63. The molecule has 1 aliphatic rings. The normalized spacial score (nSPS) is 33.0. The van der Waals surface area contributed by atoms with Crippen LogP contribution < -0.4 is 10.6 Å². The van der Waals surface area contributed by atoms with Crippen molar-refractivity contribution in [3.05, 3.63) is 0 Å². The maximum absolute atomic E-state index is 12.5. The summed E-state index contributed by atoms with van der Waals surface area (Å²) < 4.78 is 12.5. The second-order valence-electron chi connectivity index (χ2n) is 3.09. The zero-order valence-corrected chi connectivity index (χ0v) is 6.41. The highest BCUT2D eigenvalue weighted by Crippen LogP contribution is 2.24. The Morgan fingerprint density at radius 3 is 2.90 bits per heavy atom. The number of hydrogen-bond donors (Lipinski definition) is 2. The number of nitrogens with one attached hydrogen (secondary N) is 2. The highest BCUT2D eigenvalue weighted by molar-refractivity contribution is 4.88. The van der Waals surface area contributed by atoms with Crippen molar-refractivity contribution >= 4 is 0 Å². The number of hydrogen-bond acceptors (Lipinski definition) is 2. The van der Waals surface area contributed by atoms with Crippen molar-refractivity contribution in [3.8, 4) is 0 Å². The molecule has 60 valence electrons. The van der Waals surface area contributed by atoms with Gasteiger partial charge in [0.15, 0.2) is 0 Å². The summed E-state index contributed by atoms with van der Waals surface area (Å²) in [6, 6.07) is 0. The van der Waals surface area contributed by atoms with Crippen molar-refractivity contribution in [3.63, 3.8) is 0 Å². The molecule has 1 heterocycles. The number of alkyl halides is 1. The van der Waals surface area contributed by atoms with E-state index >= 15 is 0 Å². The molecule has 0 saturated carbocycles. The van der Waals surface area contributed by atoms with Gasteiger partial charge < -0.3 is 10.6 Å². The third-order valence-electron chi connectivity index (χ3n) is 2.17. The lowest BCUT2D eigenvalue weighted by molar-refractivity contribution is 0.227. The molecule has 0 aromatic rings. The van der Waals surface area contributed by atoms with Gasteiger partial charge in [-0.05, 0) is 20.0 Å². The summed E-state index contributed by atoms with van der Waals surface area (Å²) in [4.78, 5) is 0. The van der Waals surface area contributed by atoms with E-state index in [-0.39, 0.29) is 12.1 Å². The van der Waals surface area contributed by atoms with Crippen molar-refractivity contribution in [2.75, 3.05) is 33.4 Å². The lowest BCUT2D eigenvalue weighted by Gasteiger charge is -2.23. The summed E-state index contributed by atoms with van der Waals surface area (Å²) in [5.74, 6) is 0. The number of halogens is 1. The molecule has 1 saturated heterocycles. The van der Waals surface area contributed by atoms with Gasteiger partial charge in [0.2, 0.25) is 0 Å². The monoisotopic (exact) mass is 146 g/mol. The van der Waals surface area contributed by atoms with Gasteiger partial charge in [-0.1, -0.05) is 0 Å². The first kappa shape index (κ1) is 7.95. The summed E-state index contributed by atoms with van der Waals surface area (Å²) in [6.45, 7) is 2.37. The molecule has 1 atom stereocenters. The maximum Gasteiger partial charge on any atom is 0.0975 e. The van der Waals surface area contributed by atoms with Gasteiger partial charge in [-0.15, -0.1) is 0 Å². The molecule has 0 bridgehead atoms. The van der Waals surface area contributed by atoms with Crippen LogP contribution >= 0.6 is 0 Å². The predicted molar refractivity (Wildman–Crippen MR) is 39.8 cm³/mol. The maximum atomic E-state index is 12.5. The first-order valence-corrected chi connectivity index (χ1v) is 3.74. The molecule has 0 unspecified atom stereocenters. The third kappa shape index (κ3) is 1.47. The van der Waals surface area contributed by atoms with Gasteiger partial charge >= 0.3 is 0 Å². The van der Waals surface area contributed by atoms with Gasteiger partial charge in [0, 0.05) is 18.5 Å². The molecule has 0 aromatic heterocycles. The first-order chi connectivity index (χ1) is 4.83. The Hall–Kier alpha value is -0.150. The Bertz CT molecular complexity index is 99.8. The fourth-order valence-corrected chi connectivity index (χ4v) is 1.48. The molecule has 1 rings (SSSR count). The first-order valence-electron chi connectivity index (χ1n) is 3.74. The van der Waals surface area contributed by atoms with Crippen LogP contribution in [0, 0.1) is 5.41 Å². The minimum Gasteiger partial charge on any atom is -0.319 e. The van der Waals surface area contributed by atoms with Crippen LogP contribution in [-0.2, 0) is 0 Å². The minimum atomic E-state index is -0.208. The van der Waals surface area contributed by atoms with Crippen molar-refractivity contribution in [2.45, 2.75) is 6.42 Å². The van der Waals surface area contributed by atoms with E-state index in [0.29, 0.717) is 0 Å². The highest BCUT2D eigenvalue weighted by atomic mass is 19.1. The standard InChI is InChI=1S/C7H15FN2/c1-9-5-7(4-8)2-3-10-6-7/h9-10H,2-6H2,1H3/t7-/m1/s1. The van der Waals surface area contributed by atoms with Crippen LogP contribution in [0.5, 0.6) is 0 Å². The van der Waals surface area contributed by atoms with Gasteiger partial charge in [-0.3, -0.25) is 4.39 Å². The molecule has 1 fully saturated rings. The van der Waals surface area contributed by atoms with Gasteiger partial charge in [0.25, 0.3) is 0 Å². The Labute approximate surface area is 61.2 Å². The molecule has 0 radical (unpaired) electrons. The molecule has 0 aromatic carbocycles. The molecule has 0 amide bonds. The zero-order chi connectivity index (χ0) is 7.45. The Morgan fingerprint density at radius 2 is 2.50 bits per heavy atom. The topological polar surface area (TPSA) is 24.1 Å². The summed E-state index contributed by atoms with van der Waals surface area (Å²) in [6.07, 6.45) is 0.963. The number of rotatable bonds is 3. The van der Waals surface area contributed by atoms with Crippen molar-refractivity contribution < 1.29 is 4.39 Å². The van der Waals surface area contributed by atoms with Gasteiger partial charge in [0.1, 0.15) is 0 Å². The molecule has 0 spiro atoms. The third-order valence-corrected chi connectivity index (χ3v) is 2.17. The second-order valence-corrected chi connectivity index (χ2v) is 3.09. The summed E-state index contributed by atoms with van der Waals surface area (Å²) in [5, 5.41) is 6.19. The fraction of sp³-hybridized carbons (Fsp3) is 1.00. The van der Waals surface area contributed by atoms with Crippen LogP contribution in [0.1, 0.15) is 6.42 Å². The average Bonchev–Trinajstić information content (AvgIpc) is 2.39. The molecule has 2 nitrogen and oxygen atoms in total. The van der Waals surface area contributed by atoms with Crippen LogP contribution in [0.3, 0.4) is 0 Å². The Balaban J connectivity index is 2.41. The minimum absolute atomic E-state index is 0.102. The van der Waals surface area contributed by atoms with Crippen molar-refractivity contribution in [1.82, 2.24) is 10.6 Å². The van der Waals surface area contributed by atoms with Crippen LogP contribution in [0.2, 0.25) is 0 Å². The highest BCUT2D eigenvalue weighted by Gasteiger charge is 2.32. The molecular weight excluding hydrogens is 131 g/mol. The van der Waals surface area contributed by atoms with E-state index in [4.69, 9.17) is 0 Å². The zero-order valence-electron chi connectivity index (χ0n) is 6.41. The Morgan fingerprint density at radius 1 is 1.70 bits per heavy atom. The van der Waals surface area contributed by atoms with Crippen molar-refractivity contribution in [1.29, 1.82) is 0 Å². The fourth-order valence-electron chi connectivity index (χ4n) is 1.48. The predicted octanol–water partition coefficient (Wildman–Crippen LogP) is 0.155. The molecule has 1 aliphatic heterocycles. The smallest absolute Gasteiger partial charge is 0.0975 e. The van der Waals surface area contributed by atoms with Crippen molar-refractivity contribution in [2.24, 2.45) is 5.41 Å². The van der Waals surface area contributed by atoms with Gasteiger partial charge in [0.05, 0.1) is 6.67 Å². The molecule has 2 N–H and O–H groups in total.